The molecule has 0 aliphatic carbocycles. The molecule has 3 rings (SSSR count). The molecule has 4 nitrogen and oxygen atoms in total. The van der Waals surface area contributed by atoms with Gasteiger partial charge in [0.2, 0.25) is 10.0 Å². The Balaban J connectivity index is 1.77. The van der Waals surface area contributed by atoms with Crippen LogP contribution in [0, 0.1) is 0 Å². The summed E-state index contributed by atoms with van der Waals surface area (Å²) in [7, 11) is -3.12. The number of piperidine rings is 1. The maximum absolute atomic E-state index is 11.8. The molecule has 1 saturated heterocycles. The van der Waals surface area contributed by atoms with E-state index in [-0.39, 0.29) is 5.92 Å². The lowest BCUT2D eigenvalue weighted by molar-refractivity contribution is 0.314. The van der Waals surface area contributed by atoms with Crippen LogP contribution in [0.2, 0.25) is 0 Å². The highest BCUT2D eigenvalue weighted by atomic mass is 32.2. The summed E-state index contributed by atoms with van der Waals surface area (Å²) in [6.45, 7) is 1.17. The molecule has 0 saturated carbocycles. The van der Waals surface area contributed by atoms with Gasteiger partial charge in [0.25, 0.3) is 0 Å². The average Bonchev–Trinajstić information content (AvgIpc) is 2.55. The number of hydrogen-bond acceptors (Lipinski definition) is 3. The first-order valence-electron chi connectivity index (χ1n) is 7.97. The molecule has 0 spiro atoms. The van der Waals surface area contributed by atoms with Gasteiger partial charge < -0.3 is 0 Å². The normalized spacial score (nSPS) is 19.6. The van der Waals surface area contributed by atoms with Crippen LogP contribution in [0.1, 0.15) is 35.7 Å². The summed E-state index contributed by atoms with van der Waals surface area (Å²) >= 11 is 0. The van der Waals surface area contributed by atoms with E-state index in [0.717, 1.165) is 30.7 Å². The Morgan fingerprint density at radius 3 is 2.65 bits per heavy atom. The fourth-order valence-electron chi connectivity index (χ4n) is 3.11. The lowest BCUT2D eigenvalue weighted by atomic mass is 9.95. The van der Waals surface area contributed by atoms with Crippen LogP contribution in [0.3, 0.4) is 0 Å². The fourth-order valence-corrected chi connectivity index (χ4v) is 4.03. The smallest absolute Gasteiger partial charge is 0.211 e. The van der Waals surface area contributed by atoms with Gasteiger partial charge in [0.1, 0.15) is 0 Å². The number of aromatic nitrogens is 1. The molecule has 23 heavy (non-hydrogen) atoms. The van der Waals surface area contributed by atoms with Crippen LogP contribution in [0.5, 0.6) is 0 Å². The number of sulfonamides is 1. The molecule has 1 aromatic carbocycles. The number of rotatable bonds is 4. The molecule has 1 atom stereocenters. The van der Waals surface area contributed by atoms with Gasteiger partial charge >= 0.3 is 0 Å². The molecule has 1 fully saturated rings. The van der Waals surface area contributed by atoms with E-state index < -0.39 is 10.0 Å². The largest absolute Gasteiger partial charge is 0.257 e. The van der Waals surface area contributed by atoms with Gasteiger partial charge in [-0.25, -0.2) is 12.7 Å². The maximum Gasteiger partial charge on any atom is 0.211 e. The lowest BCUT2D eigenvalue weighted by Gasteiger charge is -2.30. The van der Waals surface area contributed by atoms with Crippen molar-refractivity contribution < 1.29 is 8.42 Å². The van der Waals surface area contributed by atoms with Crippen molar-refractivity contribution in [1.29, 1.82) is 0 Å². The quantitative estimate of drug-likeness (QED) is 0.866. The first-order chi connectivity index (χ1) is 11.0. The van der Waals surface area contributed by atoms with E-state index in [9.17, 15) is 8.42 Å². The fraction of sp³-hybridized carbons (Fsp3) is 0.389. The second-order valence-corrected chi connectivity index (χ2v) is 8.16. The third-order valence-electron chi connectivity index (χ3n) is 4.33. The van der Waals surface area contributed by atoms with Crippen molar-refractivity contribution in [3.05, 3.63) is 65.5 Å². The maximum atomic E-state index is 11.8. The van der Waals surface area contributed by atoms with Gasteiger partial charge in [-0.2, -0.15) is 0 Å². The van der Waals surface area contributed by atoms with Gasteiger partial charge in [0.05, 0.1) is 6.26 Å². The van der Waals surface area contributed by atoms with Crippen LogP contribution in [0.15, 0.2) is 48.5 Å². The molecule has 2 heterocycles. The molecule has 1 aliphatic rings. The molecule has 0 N–H and O–H groups in total. The van der Waals surface area contributed by atoms with Crippen molar-refractivity contribution in [2.24, 2.45) is 0 Å². The third-order valence-corrected chi connectivity index (χ3v) is 5.60. The van der Waals surface area contributed by atoms with E-state index in [4.69, 9.17) is 4.98 Å². The third kappa shape index (κ3) is 4.18. The monoisotopic (exact) mass is 330 g/mol. The van der Waals surface area contributed by atoms with Crippen molar-refractivity contribution in [1.82, 2.24) is 9.29 Å². The number of pyridine rings is 1. The molecular weight excluding hydrogens is 308 g/mol. The van der Waals surface area contributed by atoms with Gasteiger partial charge in [0.15, 0.2) is 0 Å². The van der Waals surface area contributed by atoms with Crippen molar-refractivity contribution in [2.45, 2.75) is 25.2 Å². The van der Waals surface area contributed by atoms with E-state index >= 15 is 0 Å². The highest BCUT2D eigenvalue weighted by molar-refractivity contribution is 7.88. The Morgan fingerprint density at radius 1 is 1.13 bits per heavy atom. The Bertz CT molecular complexity index is 760. The first kappa shape index (κ1) is 16.1. The Hall–Kier alpha value is -1.72. The number of nitrogens with zero attached hydrogens (tertiary/aromatic N) is 2. The lowest BCUT2D eigenvalue weighted by Crippen LogP contribution is -2.38. The molecule has 0 radical (unpaired) electrons. The Kier molecular flexibility index (Phi) is 4.78. The summed E-state index contributed by atoms with van der Waals surface area (Å²) in [6.07, 6.45) is 3.97. The van der Waals surface area contributed by atoms with Gasteiger partial charge in [-0.15, -0.1) is 0 Å². The molecule has 1 aromatic heterocycles. The molecule has 5 heteroatoms. The standard InChI is InChI=1S/C18H22N2O2S/c1-23(21,22)20-12-6-9-16(14-20)18-11-5-10-17(19-18)13-15-7-3-2-4-8-15/h2-5,7-8,10-11,16H,6,9,12-14H2,1H3. The molecule has 2 aromatic rings. The van der Waals surface area contributed by atoms with Crippen LogP contribution < -0.4 is 0 Å². The van der Waals surface area contributed by atoms with E-state index in [1.165, 1.54) is 11.8 Å². The van der Waals surface area contributed by atoms with Gasteiger partial charge in [-0.1, -0.05) is 36.4 Å². The Morgan fingerprint density at radius 2 is 1.91 bits per heavy atom. The van der Waals surface area contributed by atoms with Crippen molar-refractivity contribution in [3.63, 3.8) is 0 Å². The zero-order chi connectivity index (χ0) is 16.3. The van der Waals surface area contributed by atoms with Crippen molar-refractivity contribution in [3.8, 4) is 0 Å². The molecule has 0 amide bonds. The van der Waals surface area contributed by atoms with Crippen LogP contribution in [-0.4, -0.2) is 37.1 Å². The molecule has 1 aliphatic heterocycles. The van der Waals surface area contributed by atoms with Crippen LogP contribution in [-0.2, 0) is 16.4 Å². The minimum Gasteiger partial charge on any atom is -0.257 e. The van der Waals surface area contributed by atoms with Crippen molar-refractivity contribution >= 4 is 10.0 Å². The second kappa shape index (κ2) is 6.81. The predicted molar refractivity (Wildman–Crippen MR) is 91.9 cm³/mol. The van der Waals surface area contributed by atoms with Crippen LogP contribution >= 0.6 is 0 Å². The highest BCUT2D eigenvalue weighted by Crippen LogP contribution is 2.27. The first-order valence-corrected chi connectivity index (χ1v) is 9.82. The van der Waals surface area contributed by atoms with Crippen LogP contribution in [0.25, 0.3) is 0 Å². The molecule has 1 unspecified atom stereocenters. The summed E-state index contributed by atoms with van der Waals surface area (Å²) in [5.74, 6) is 0.189. The summed E-state index contributed by atoms with van der Waals surface area (Å²) in [6, 6.07) is 16.4. The summed E-state index contributed by atoms with van der Waals surface area (Å²) in [5.41, 5.74) is 3.27. The van der Waals surface area contributed by atoms with Gasteiger partial charge in [-0.3, -0.25) is 4.98 Å². The molecular formula is C18H22N2O2S. The zero-order valence-electron chi connectivity index (χ0n) is 13.4. The van der Waals surface area contributed by atoms with E-state index in [2.05, 4.69) is 12.1 Å². The van der Waals surface area contributed by atoms with Crippen LogP contribution in [0.4, 0.5) is 0 Å². The summed E-state index contributed by atoms with van der Waals surface area (Å²) in [4.78, 5) is 4.79. The molecule has 122 valence electrons. The number of hydrogen-bond donors (Lipinski definition) is 0. The minimum atomic E-state index is -3.12. The van der Waals surface area contributed by atoms with E-state index in [1.54, 1.807) is 4.31 Å². The van der Waals surface area contributed by atoms with E-state index in [1.807, 2.05) is 36.4 Å². The van der Waals surface area contributed by atoms with Crippen molar-refractivity contribution in [2.75, 3.05) is 19.3 Å². The number of benzene rings is 1. The molecule has 0 bridgehead atoms. The van der Waals surface area contributed by atoms with Gasteiger partial charge in [-0.05, 0) is 30.5 Å². The summed E-state index contributed by atoms with van der Waals surface area (Å²) < 4.78 is 25.1. The highest BCUT2D eigenvalue weighted by Gasteiger charge is 2.27. The average molecular weight is 330 g/mol. The Labute approximate surface area is 138 Å². The van der Waals surface area contributed by atoms with Gasteiger partial charge in [0, 0.05) is 36.8 Å². The zero-order valence-corrected chi connectivity index (χ0v) is 14.2. The topological polar surface area (TPSA) is 50.3 Å². The SMILES string of the molecule is CS(=O)(=O)N1CCCC(c2cccc(Cc3ccccc3)n2)C1. The predicted octanol–water partition coefficient (Wildman–Crippen LogP) is 2.81. The van der Waals surface area contributed by atoms with E-state index in [0.29, 0.717) is 13.1 Å². The minimum absolute atomic E-state index is 0.189. The summed E-state index contributed by atoms with van der Waals surface area (Å²) in [5, 5.41) is 0. The second-order valence-electron chi connectivity index (χ2n) is 6.18.